The van der Waals surface area contributed by atoms with Crippen molar-refractivity contribution in [3.8, 4) is 5.75 Å². The highest BCUT2D eigenvalue weighted by molar-refractivity contribution is 14.0. The molecule has 0 aromatic heterocycles. The quantitative estimate of drug-likeness (QED) is 0.226. The van der Waals surface area contributed by atoms with Gasteiger partial charge in [-0.05, 0) is 31.9 Å². The lowest BCUT2D eigenvalue weighted by Gasteiger charge is -2.18. The summed E-state index contributed by atoms with van der Waals surface area (Å²) in [6.07, 6.45) is 1.81. The van der Waals surface area contributed by atoms with Gasteiger partial charge in [-0.15, -0.1) is 24.0 Å². The second kappa shape index (κ2) is 14.0. The lowest BCUT2D eigenvalue weighted by atomic mass is 10.1. The first-order valence-electron chi connectivity index (χ1n) is 9.20. The topological polar surface area (TPSA) is 64.1 Å². The zero-order chi connectivity index (χ0) is 18.6. The van der Waals surface area contributed by atoms with Crippen LogP contribution >= 0.6 is 24.0 Å². The average Bonchev–Trinajstić information content (AvgIpc) is 3.16. The maximum absolute atomic E-state index is 13.6. The van der Waals surface area contributed by atoms with Crippen molar-refractivity contribution in [2.45, 2.75) is 25.9 Å². The van der Waals surface area contributed by atoms with Crippen molar-refractivity contribution in [2.24, 2.45) is 10.9 Å². The van der Waals surface area contributed by atoms with Crippen LogP contribution < -0.4 is 15.4 Å². The molecule has 0 amide bonds. The molecule has 0 radical (unpaired) electrons. The highest BCUT2D eigenvalue weighted by Crippen LogP contribution is 2.16. The zero-order valence-electron chi connectivity index (χ0n) is 16.1. The summed E-state index contributed by atoms with van der Waals surface area (Å²) in [7, 11) is 1.72. The van der Waals surface area contributed by atoms with Crippen LogP contribution in [0.5, 0.6) is 5.75 Å². The molecule has 2 rings (SSSR count). The highest BCUT2D eigenvalue weighted by atomic mass is 127. The number of benzene rings is 1. The van der Waals surface area contributed by atoms with Crippen LogP contribution in [0.2, 0.25) is 0 Å². The second-order valence-corrected chi connectivity index (χ2v) is 6.40. The van der Waals surface area contributed by atoms with Crippen molar-refractivity contribution < 1.29 is 18.6 Å². The molecule has 1 aromatic rings. The predicted molar refractivity (Wildman–Crippen MR) is 116 cm³/mol. The van der Waals surface area contributed by atoms with E-state index in [-0.39, 0.29) is 41.6 Å². The summed E-state index contributed by atoms with van der Waals surface area (Å²) in [6, 6.07) is 6.40. The molecule has 1 heterocycles. The maximum Gasteiger partial charge on any atom is 0.191 e. The molecule has 27 heavy (non-hydrogen) atoms. The molecule has 2 N–H and O–H groups in total. The molecule has 0 saturated carbocycles. The van der Waals surface area contributed by atoms with Crippen LogP contribution in [0.25, 0.3) is 0 Å². The third-order valence-corrected chi connectivity index (χ3v) is 4.08. The first-order chi connectivity index (χ1) is 12.7. The fourth-order valence-corrected chi connectivity index (χ4v) is 2.61. The van der Waals surface area contributed by atoms with Crippen LogP contribution in [0.4, 0.5) is 4.39 Å². The zero-order valence-corrected chi connectivity index (χ0v) is 18.4. The van der Waals surface area contributed by atoms with E-state index in [0.717, 1.165) is 39.2 Å². The number of para-hydroxylation sites is 1. The third-order valence-electron chi connectivity index (χ3n) is 4.08. The van der Waals surface area contributed by atoms with Gasteiger partial charge in [0.2, 0.25) is 0 Å². The van der Waals surface area contributed by atoms with E-state index in [9.17, 15) is 4.39 Å². The van der Waals surface area contributed by atoms with Gasteiger partial charge in [0.1, 0.15) is 6.10 Å². The Bertz CT molecular complexity index is 557. The molecule has 8 heteroatoms. The normalized spacial score (nSPS) is 17.9. The number of nitrogens with one attached hydrogen (secondary N) is 2. The van der Waals surface area contributed by atoms with Gasteiger partial charge in [0, 0.05) is 32.7 Å². The van der Waals surface area contributed by atoms with Crippen LogP contribution in [0.1, 0.15) is 19.8 Å². The van der Waals surface area contributed by atoms with Gasteiger partial charge in [0.15, 0.2) is 17.5 Å². The molecular formula is C19H31FIN3O3. The summed E-state index contributed by atoms with van der Waals surface area (Å²) in [4.78, 5) is 4.17. The number of guanidine groups is 1. The Morgan fingerprint density at radius 1 is 1.37 bits per heavy atom. The molecule has 0 spiro atoms. The number of hydrogen-bond acceptors (Lipinski definition) is 4. The monoisotopic (exact) mass is 495 g/mol. The van der Waals surface area contributed by atoms with E-state index in [4.69, 9.17) is 14.2 Å². The van der Waals surface area contributed by atoms with Gasteiger partial charge in [0.05, 0.1) is 19.8 Å². The number of rotatable bonds is 10. The van der Waals surface area contributed by atoms with Crippen molar-refractivity contribution in [1.82, 2.24) is 10.6 Å². The molecule has 0 aliphatic carbocycles. The third kappa shape index (κ3) is 9.57. The Kier molecular flexibility index (Phi) is 12.4. The number of ether oxygens (including phenoxy) is 3. The molecule has 2 atom stereocenters. The van der Waals surface area contributed by atoms with Crippen molar-refractivity contribution in [2.75, 3.05) is 46.6 Å². The van der Waals surface area contributed by atoms with Crippen molar-refractivity contribution in [3.63, 3.8) is 0 Å². The summed E-state index contributed by atoms with van der Waals surface area (Å²) >= 11 is 0. The second-order valence-electron chi connectivity index (χ2n) is 6.40. The molecule has 1 aliphatic rings. The van der Waals surface area contributed by atoms with E-state index in [2.05, 4.69) is 15.6 Å². The molecule has 6 nitrogen and oxygen atoms in total. The van der Waals surface area contributed by atoms with Crippen LogP contribution in [0.3, 0.4) is 0 Å². The van der Waals surface area contributed by atoms with Crippen LogP contribution in [-0.4, -0.2) is 58.6 Å². The van der Waals surface area contributed by atoms with E-state index in [1.807, 2.05) is 6.92 Å². The first-order valence-corrected chi connectivity index (χ1v) is 9.20. The number of halogens is 2. The Labute approximate surface area is 178 Å². The lowest BCUT2D eigenvalue weighted by Crippen LogP contribution is -2.42. The van der Waals surface area contributed by atoms with Crippen molar-refractivity contribution >= 4 is 29.9 Å². The number of aliphatic imine (C=N–C) groups is 1. The molecule has 154 valence electrons. The maximum atomic E-state index is 13.6. The van der Waals surface area contributed by atoms with E-state index in [0.29, 0.717) is 25.0 Å². The Balaban J connectivity index is 0.00000364. The van der Waals surface area contributed by atoms with Gasteiger partial charge in [0.25, 0.3) is 0 Å². The van der Waals surface area contributed by atoms with E-state index in [1.165, 1.54) is 6.07 Å². The average molecular weight is 495 g/mol. The minimum atomic E-state index is -0.356. The molecule has 1 fully saturated rings. The van der Waals surface area contributed by atoms with Crippen LogP contribution in [0, 0.1) is 11.7 Å². The van der Waals surface area contributed by atoms with Crippen LogP contribution in [-0.2, 0) is 9.47 Å². The molecule has 1 saturated heterocycles. The smallest absolute Gasteiger partial charge is 0.191 e. The summed E-state index contributed by atoms with van der Waals surface area (Å²) in [6.45, 7) is 6.34. The largest absolute Gasteiger partial charge is 0.486 e. The summed E-state index contributed by atoms with van der Waals surface area (Å²) in [5.74, 6) is 1.15. The van der Waals surface area contributed by atoms with Gasteiger partial charge in [-0.2, -0.15) is 0 Å². The summed E-state index contributed by atoms with van der Waals surface area (Å²) in [5, 5.41) is 6.41. The summed E-state index contributed by atoms with van der Waals surface area (Å²) < 4.78 is 30.2. The van der Waals surface area contributed by atoms with Gasteiger partial charge in [-0.25, -0.2) is 4.39 Å². The lowest BCUT2D eigenvalue weighted by molar-refractivity contribution is 0.0888. The van der Waals surface area contributed by atoms with Gasteiger partial charge in [-0.3, -0.25) is 4.99 Å². The fourth-order valence-electron chi connectivity index (χ4n) is 2.61. The van der Waals surface area contributed by atoms with E-state index < -0.39 is 0 Å². The Morgan fingerprint density at radius 3 is 2.89 bits per heavy atom. The molecular weight excluding hydrogens is 464 g/mol. The first kappa shape index (κ1) is 23.9. The van der Waals surface area contributed by atoms with E-state index >= 15 is 0 Å². The highest BCUT2D eigenvalue weighted by Gasteiger charge is 2.15. The van der Waals surface area contributed by atoms with Crippen LogP contribution in [0.15, 0.2) is 29.3 Å². The summed E-state index contributed by atoms with van der Waals surface area (Å²) in [5.41, 5.74) is 0. The standard InChI is InChI=1S/C19H30FN3O3.HI/c1-15(26-18-7-4-3-6-17(18)20)12-23-19(21-2)22-9-5-10-24-13-16-8-11-25-14-16;/h3-4,6-7,15-16H,5,8-14H2,1-2H3,(H2,21,22,23);1H. The van der Waals surface area contributed by atoms with Gasteiger partial charge < -0.3 is 24.8 Å². The number of hydrogen-bond donors (Lipinski definition) is 2. The van der Waals surface area contributed by atoms with E-state index in [1.54, 1.807) is 25.2 Å². The minimum Gasteiger partial charge on any atom is -0.486 e. The fraction of sp³-hybridized carbons (Fsp3) is 0.632. The van der Waals surface area contributed by atoms with Gasteiger partial charge >= 0.3 is 0 Å². The molecule has 1 aliphatic heterocycles. The SMILES string of the molecule is CN=C(NCCCOCC1CCOC1)NCC(C)Oc1ccccc1F.I. The predicted octanol–water partition coefficient (Wildman–Crippen LogP) is 2.82. The van der Waals surface area contributed by atoms with Crippen molar-refractivity contribution in [3.05, 3.63) is 30.1 Å². The Morgan fingerprint density at radius 2 is 2.19 bits per heavy atom. The number of nitrogens with zero attached hydrogens (tertiary/aromatic N) is 1. The minimum absolute atomic E-state index is 0. The van der Waals surface area contributed by atoms with Gasteiger partial charge in [-0.1, -0.05) is 12.1 Å². The molecule has 1 aromatic carbocycles. The molecule has 2 unspecified atom stereocenters. The Hall–Kier alpha value is -1.13. The van der Waals surface area contributed by atoms with Crippen molar-refractivity contribution in [1.29, 1.82) is 0 Å². The molecule has 0 bridgehead atoms.